The molecule has 7 heteroatoms. The molecule has 0 amide bonds. The Morgan fingerprint density at radius 3 is 2.46 bits per heavy atom. The lowest BCUT2D eigenvalue weighted by Crippen LogP contribution is -2.60. The molecule has 0 bridgehead atoms. The quantitative estimate of drug-likeness (QED) is 0.447. The zero-order valence-corrected chi connectivity index (χ0v) is 19.1. The van der Waals surface area contributed by atoms with Crippen LogP contribution in [0, 0.1) is 11.7 Å². The maximum Gasteiger partial charge on any atom is 0.167 e. The highest BCUT2D eigenvalue weighted by molar-refractivity contribution is 5.83. The third kappa shape index (κ3) is 3.15. The summed E-state index contributed by atoms with van der Waals surface area (Å²) in [5, 5.41) is 10.8. The first kappa shape index (κ1) is 20.8. The molecule has 0 spiro atoms. The van der Waals surface area contributed by atoms with E-state index in [4.69, 9.17) is 15.5 Å². The van der Waals surface area contributed by atoms with Crippen molar-refractivity contribution in [3.63, 3.8) is 0 Å². The van der Waals surface area contributed by atoms with Crippen LogP contribution in [0.15, 0.2) is 67.0 Å². The highest BCUT2D eigenvalue weighted by Crippen LogP contribution is 2.57. The van der Waals surface area contributed by atoms with Crippen LogP contribution in [0.1, 0.15) is 31.2 Å². The summed E-state index contributed by atoms with van der Waals surface area (Å²) in [5.41, 5.74) is 10.4. The number of hydrogen-bond donors (Lipinski definition) is 2. The molecule has 0 radical (unpaired) electrons. The van der Waals surface area contributed by atoms with Gasteiger partial charge < -0.3 is 15.6 Å². The first-order chi connectivity index (χ1) is 17.0. The van der Waals surface area contributed by atoms with Crippen LogP contribution < -0.4 is 10.5 Å². The van der Waals surface area contributed by atoms with Crippen LogP contribution in [-0.4, -0.2) is 25.2 Å². The van der Waals surface area contributed by atoms with E-state index in [-0.39, 0.29) is 12.5 Å². The molecule has 0 atom stereocenters. The van der Waals surface area contributed by atoms with E-state index in [0.29, 0.717) is 35.9 Å². The Morgan fingerprint density at radius 1 is 1.00 bits per heavy atom. The molecule has 2 aromatic carbocycles. The fraction of sp³-hybridized carbons (Fsp3) is 0.286. The monoisotopic (exact) mass is 468 g/mol. The van der Waals surface area contributed by atoms with Crippen molar-refractivity contribution < 1.29 is 14.2 Å². The standard InChI is InChI=1S/C28H25FN4O2/c29-21-2-1-3-22-23(21)26-32-24(25(33(26)16-35-22)18-10-12-31-13-11-18)17-4-6-19(7-5-17)27(30)14-28(34,15-27)20-8-9-20/h1-7,10-13,20,34H,8-9,14-16,30H2. The van der Waals surface area contributed by atoms with Gasteiger partial charge in [-0.2, -0.15) is 0 Å². The number of nitrogens with zero attached hydrogens (tertiary/aromatic N) is 3. The van der Waals surface area contributed by atoms with E-state index in [0.717, 1.165) is 40.9 Å². The number of aliphatic hydroxyl groups is 1. The fourth-order valence-corrected chi connectivity index (χ4v) is 5.86. The summed E-state index contributed by atoms with van der Waals surface area (Å²) in [5.74, 6) is 1.07. The molecule has 35 heavy (non-hydrogen) atoms. The number of pyridine rings is 1. The van der Waals surface area contributed by atoms with Crippen LogP contribution in [0.2, 0.25) is 0 Å². The van der Waals surface area contributed by atoms with Crippen LogP contribution in [0.25, 0.3) is 33.9 Å². The second-order valence-electron chi connectivity index (χ2n) is 10.1. The van der Waals surface area contributed by atoms with Crippen LogP contribution in [0.5, 0.6) is 5.75 Å². The minimum atomic E-state index is -0.609. The van der Waals surface area contributed by atoms with Crippen molar-refractivity contribution in [3.05, 3.63) is 78.4 Å². The molecule has 3 aliphatic rings. The Labute approximate surface area is 202 Å². The molecule has 3 N–H and O–H groups in total. The van der Waals surface area contributed by atoms with Crippen LogP contribution in [0.4, 0.5) is 4.39 Å². The second kappa shape index (κ2) is 7.23. The average molecular weight is 469 g/mol. The van der Waals surface area contributed by atoms with Crippen LogP contribution in [0.3, 0.4) is 0 Å². The van der Waals surface area contributed by atoms with Crippen molar-refractivity contribution in [2.45, 2.75) is 43.6 Å². The lowest BCUT2D eigenvalue weighted by atomic mass is 9.60. The molecule has 6 nitrogen and oxygen atoms in total. The summed E-state index contributed by atoms with van der Waals surface area (Å²) < 4.78 is 22.7. The average Bonchev–Trinajstić information content (AvgIpc) is 3.64. The SMILES string of the molecule is NC1(c2ccc(-c3nc4n(c3-c3ccncc3)COc3cccc(F)c3-4)cc2)CC(O)(C2CC2)C1. The molecule has 0 saturated heterocycles. The zero-order chi connectivity index (χ0) is 23.8. The van der Waals surface area contributed by atoms with Gasteiger partial charge in [0.25, 0.3) is 0 Å². The van der Waals surface area contributed by atoms with E-state index >= 15 is 0 Å². The second-order valence-corrected chi connectivity index (χ2v) is 10.1. The summed E-state index contributed by atoms with van der Waals surface area (Å²) in [7, 11) is 0. The van der Waals surface area contributed by atoms with Crippen molar-refractivity contribution in [3.8, 4) is 39.7 Å². The van der Waals surface area contributed by atoms with E-state index in [2.05, 4.69) is 4.98 Å². The van der Waals surface area contributed by atoms with Gasteiger partial charge in [0.15, 0.2) is 12.6 Å². The lowest BCUT2D eigenvalue weighted by Gasteiger charge is -2.52. The molecule has 2 saturated carbocycles. The highest BCUT2D eigenvalue weighted by atomic mass is 19.1. The van der Waals surface area contributed by atoms with E-state index in [9.17, 15) is 9.50 Å². The molecular formula is C28H25FN4O2. The number of fused-ring (bicyclic) bond motifs is 3. The number of rotatable bonds is 4. The highest BCUT2D eigenvalue weighted by Gasteiger charge is 2.58. The molecular weight excluding hydrogens is 443 g/mol. The molecule has 3 heterocycles. The number of ether oxygens (including phenoxy) is 1. The van der Waals surface area contributed by atoms with Gasteiger partial charge in [0, 0.05) is 29.1 Å². The third-order valence-corrected chi connectivity index (χ3v) is 7.78. The summed E-state index contributed by atoms with van der Waals surface area (Å²) in [6.45, 7) is 0.236. The number of benzene rings is 2. The largest absolute Gasteiger partial charge is 0.472 e. The smallest absolute Gasteiger partial charge is 0.167 e. The van der Waals surface area contributed by atoms with Gasteiger partial charge in [-0.15, -0.1) is 0 Å². The van der Waals surface area contributed by atoms with E-state index < -0.39 is 11.1 Å². The van der Waals surface area contributed by atoms with Crippen molar-refractivity contribution in [2.24, 2.45) is 11.7 Å². The van der Waals surface area contributed by atoms with Crippen molar-refractivity contribution in [1.82, 2.24) is 14.5 Å². The first-order valence-electron chi connectivity index (χ1n) is 12.0. The number of aromatic nitrogens is 3. The number of nitrogens with two attached hydrogens (primary N) is 1. The van der Waals surface area contributed by atoms with Gasteiger partial charge in [-0.25, -0.2) is 9.37 Å². The Kier molecular flexibility index (Phi) is 4.29. The van der Waals surface area contributed by atoms with Crippen LogP contribution in [-0.2, 0) is 12.3 Å². The summed E-state index contributed by atoms with van der Waals surface area (Å²) in [6, 6.07) is 16.8. The topological polar surface area (TPSA) is 86.2 Å². The van der Waals surface area contributed by atoms with E-state index in [1.807, 2.05) is 41.0 Å². The predicted octanol–water partition coefficient (Wildman–Crippen LogP) is 4.86. The van der Waals surface area contributed by atoms with Gasteiger partial charge in [-0.3, -0.25) is 9.55 Å². The fourth-order valence-electron chi connectivity index (χ4n) is 5.86. The molecule has 7 rings (SSSR count). The van der Waals surface area contributed by atoms with Gasteiger partial charge in [0.05, 0.1) is 22.6 Å². The predicted molar refractivity (Wildman–Crippen MR) is 130 cm³/mol. The van der Waals surface area contributed by atoms with Gasteiger partial charge in [0.2, 0.25) is 0 Å². The molecule has 1 aliphatic heterocycles. The molecule has 176 valence electrons. The number of imidazole rings is 1. The molecule has 0 unspecified atom stereocenters. The zero-order valence-electron chi connectivity index (χ0n) is 19.1. The Morgan fingerprint density at radius 2 is 1.74 bits per heavy atom. The molecule has 2 aliphatic carbocycles. The van der Waals surface area contributed by atoms with Gasteiger partial charge in [0.1, 0.15) is 11.6 Å². The number of halogens is 1. The molecule has 2 aromatic heterocycles. The summed E-state index contributed by atoms with van der Waals surface area (Å²) in [4.78, 5) is 9.08. The Hall–Kier alpha value is -3.55. The van der Waals surface area contributed by atoms with Gasteiger partial charge >= 0.3 is 0 Å². The molecule has 4 aromatic rings. The minimum absolute atomic E-state index is 0.236. The lowest BCUT2D eigenvalue weighted by molar-refractivity contribution is -0.106. The van der Waals surface area contributed by atoms with E-state index in [1.165, 1.54) is 6.07 Å². The maximum atomic E-state index is 14.9. The Balaban J connectivity index is 1.32. The Bertz CT molecular complexity index is 1440. The molecule has 2 fully saturated rings. The van der Waals surface area contributed by atoms with Gasteiger partial charge in [-0.05, 0) is 61.4 Å². The van der Waals surface area contributed by atoms with Crippen molar-refractivity contribution in [1.29, 1.82) is 0 Å². The third-order valence-electron chi connectivity index (χ3n) is 7.78. The van der Waals surface area contributed by atoms with Gasteiger partial charge in [-0.1, -0.05) is 30.3 Å². The number of hydrogen-bond acceptors (Lipinski definition) is 5. The normalized spacial score (nSPS) is 24.8. The van der Waals surface area contributed by atoms with Crippen molar-refractivity contribution in [2.75, 3.05) is 0 Å². The summed E-state index contributed by atoms with van der Waals surface area (Å²) >= 11 is 0. The van der Waals surface area contributed by atoms with E-state index in [1.54, 1.807) is 24.5 Å². The minimum Gasteiger partial charge on any atom is -0.472 e. The maximum absolute atomic E-state index is 14.9. The summed E-state index contributed by atoms with van der Waals surface area (Å²) in [6.07, 6.45) is 6.85. The first-order valence-corrected chi connectivity index (χ1v) is 12.0. The van der Waals surface area contributed by atoms with Crippen LogP contribution >= 0.6 is 0 Å². The van der Waals surface area contributed by atoms with Crippen molar-refractivity contribution >= 4 is 0 Å².